The zero-order valence-electron chi connectivity index (χ0n) is 42.0. The number of nitrogens with one attached hydrogen (secondary N) is 5. The average Bonchev–Trinajstić information content (AvgIpc) is 4.06. The van der Waals surface area contributed by atoms with Crippen LogP contribution in [0.25, 0.3) is 27.4 Å². The number of hydrogen-bond acceptors (Lipinski definition) is 11. The number of likely N-dealkylation sites (tertiary alicyclic amines) is 1. The minimum Gasteiger partial charge on any atom is -0.391 e. The number of benzene rings is 3. The van der Waals surface area contributed by atoms with Gasteiger partial charge in [-0.05, 0) is 109 Å². The maximum Gasteiger partial charge on any atom is 0.258 e. The fraction of sp³-hybridized carbons (Fsp3) is 0.482. The van der Waals surface area contributed by atoms with E-state index in [9.17, 15) is 29.9 Å². The first kappa shape index (κ1) is 51.6. The van der Waals surface area contributed by atoms with E-state index >= 15 is 0 Å². The number of nitrogens with zero attached hydrogens (tertiary/aromatic N) is 4. The molecule has 14 nitrogen and oxygen atoms in total. The van der Waals surface area contributed by atoms with Crippen molar-refractivity contribution in [3.63, 3.8) is 0 Å². The summed E-state index contributed by atoms with van der Waals surface area (Å²) in [5, 5.41) is 41.4. The Hall–Kier alpha value is -5.73. The Labute approximate surface area is 422 Å². The van der Waals surface area contributed by atoms with Crippen molar-refractivity contribution >= 4 is 46.0 Å². The fourth-order valence-corrected chi connectivity index (χ4v) is 11.6. The predicted octanol–water partition coefficient (Wildman–Crippen LogP) is 7.33. The first-order valence-electron chi connectivity index (χ1n) is 25.4. The molecule has 71 heavy (non-hydrogen) atoms. The van der Waals surface area contributed by atoms with Gasteiger partial charge in [0.25, 0.3) is 5.91 Å². The van der Waals surface area contributed by atoms with Crippen LogP contribution in [-0.2, 0) is 32.9 Å². The van der Waals surface area contributed by atoms with Gasteiger partial charge in [0, 0.05) is 49.4 Å². The quantitative estimate of drug-likeness (QED) is 0.0160. The monoisotopic (exact) mass is 982 g/mol. The van der Waals surface area contributed by atoms with Crippen LogP contribution in [0.5, 0.6) is 0 Å². The van der Waals surface area contributed by atoms with Gasteiger partial charge >= 0.3 is 0 Å². The smallest absolute Gasteiger partial charge is 0.258 e. The number of hydrogen-bond donors (Lipinski definition) is 7. The van der Waals surface area contributed by atoms with Crippen LogP contribution in [0.1, 0.15) is 101 Å². The molecule has 7 N–H and O–H groups in total. The number of aromatic nitrogens is 2. The van der Waals surface area contributed by atoms with Crippen molar-refractivity contribution in [3.8, 4) is 16.5 Å². The number of aliphatic hydroxyl groups excluding tert-OH is 2. The number of β-amino-alcohol motifs (C(OH)–C–C–N with tert-alkyl or cyclic N) is 1. The lowest BCUT2D eigenvalue weighted by atomic mass is 9.85. The fourth-order valence-electron chi connectivity index (χ4n) is 10.8. The molecule has 3 amide bonds. The molecule has 2 saturated carbocycles. The predicted molar refractivity (Wildman–Crippen MR) is 279 cm³/mol. The first-order valence-corrected chi connectivity index (χ1v) is 26.2. The van der Waals surface area contributed by atoms with Gasteiger partial charge in [0.2, 0.25) is 11.8 Å². The highest BCUT2D eigenvalue weighted by Gasteiger charge is 2.65. The molecule has 15 heteroatoms. The lowest BCUT2D eigenvalue weighted by Crippen LogP contribution is -2.60. The number of hydrazine groups is 1. The van der Waals surface area contributed by atoms with Crippen molar-refractivity contribution < 1.29 is 24.6 Å². The van der Waals surface area contributed by atoms with Gasteiger partial charge in [-0.15, -0.1) is 11.3 Å². The molecule has 2 aliphatic carbocycles. The molecule has 1 saturated heterocycles. The van der Waals surface area contributed by atoms with E-state index in [1.165, 1.54) is 17.0 Å². The molecule has 0 bridgehead atoms. The summed E-state index contributed by atoms with van der Waals surface area (Å²) in [7, 11) is 0. The highest BCUT2D eigenvalue weighted by atomic mass is 32.1. The number of carbonyl (C=O) groups is 3. The maximum absolute atomic E-state index is 14.7. The maximum atomic E-state index is 14.7. The molecule has 0 radical (unpaired) electrons. The number of para-hydroxylation sites is 1. The van der Waals surface area contributed by atoms with Crippen LogP contribution < -0.4 is 21.5 Å². The van der Waals surface area contributed by atoms with Gasteiger partial charge < -0.3 is 25.4 Å². The van der Waals surface area contributed by atoms with Crippen LogP contribution in [0.15, 0.2) is 90.6 Å². The molecule has 3 fully saturated rings. The Bertz CT molecular complexity index is 2720. The van der Waals surface area contributed by atoms with E-state index < -0.39 is 46.7 Å². The van der Waals surface area contributed by atoms with E-state index in [0.29, 0.717) is 25.9 Å². The standard InChI is InChI=1S/C56H71N9O5S/c1-7-27-60-63-48(67)22-17-37-13-15-38(16-14-37)32-64(28-23-40-31-58-46-12-10-9-11-43(40)46)29-24-45-44(8-2)56(45,41-20-18-39(19-21-41)49-36(3)59-35-71-49)62-51(68)47-30-42(66)33-65(47)52(69)50(54(4,5)6)61-53(70)55(34-57)25-26-55/h9-22,31,35,42,44-45,47,50-51,58,60,62,66,68H,7-8,23-30,32-33H2,1-6H3,(H,61,70)(H,63,67)/b22-17+/t42-,44?,45?,47+,50-,51?,56?/m1/s1. The number of carbonyl (C=O) groups excluding carboxylic acids is 3. The number of H-pyrrole nitrogens is 1. The Morgan fingerprint density at radius 2 is 1.79 bits per heavy atom. The molecule has 4 unspecified atom stereocenters. The molecule has 3 heterocycles. The first-order chi connectivity index (χ1) is 34.1. The van der Waals surface area contributed by atoms with Crippen molar-refractivity contribution in [1.82, 2.24) is 41.3 Å². The molecular formula is C56H71N9O5S. The normalized spacial score (nSPS) is 22.4. The second-order valence-corrected chi connectivity index (χ2v) is 21.9. The van der Waals surface area contributed by atoms with Crippen molar-refractivity contribution in [1.29, 1.82) is 5.26 Å². The third-order valence-electron chi connectivity index (χ3n) is 15.0. The number of thiazole rings is 1. The highest BCUT2D eigenvalue weighted by Crippen LogP contribution is 2.62. The minimum absolute atomic E-state index is 0.0130. The summed E-state index contributed by atoms with van der Waals surface area (Å²) in [6, 6.07) is 25.7. The molecule has 3 aromatic carbocycles. The Morgan fingerprint density at radius 1 is 1.04 bits per heavy atom. The summed E-state index contributed by atoms with van der Waals surface area (Å²) in [4.78, 5) is 53.5. The van der Waals surface area contributed by atoms with Gasteiger partial charge in [-0.25, -0.2) is 10.4 Å². The molecule has 7 atom stereocenters. The van der Waals surface area contributed by atoms with Gasteiger partial charge in [-0.1, -0.05) is 108 Å². The highest BCUT2D eigenvalue weighted by molar-refractivity contribution is 7.13. The lowest BCUT2D eigenvalue weighted by Gasteiger charge is -2.38. The van der Waals surface area contributed by atoms with Crippen molar-refractivity contribution in [2.45, 2.75) is 123 Å². The van der Waals surface area contributed by atoms with Gasteiger partial charge in [-0.2, -0.15) is 5.26 Å². The van der Waals surface area contributed by atoms with Crippen LogP contribution >= 0.6 is 11.3 Å². The number of amides is 3. The Kier molecular flexibility index (Phi) is 16.0. The van der Waals surface area contributed by atoms with Crippen LogP contribution in [-0.4, -0.2) is 98.3 Å². The molecule has 8 rings (SSSR count). The molecule has 5 aromatic rings. The van der Waals surface area contributed by atoms with Gasteiger partial charge in [0.1, 0.15) is 17.7 Å². The topological polar surface area (TPSA) is 199 Å². The number of rotatable bonds is 22. The van der Waals surface area contributed by atoms with Gasteiger partial charge in [0.15, 0.2) is 0 Å². The summed E-state index contributed by atoms with van der Waals surface area (Å²) in [5.74, 6) is -0.795. The van der Waals surface area contributed by atoms with Crippen LogP contribution in [0, 0.1) is 40.9 Å². The average molecular weight is 982 g/mol. The van der Waals surface area contributed by atoms with Crippen LogP contribution in [0.4, 0.5) is 0 Å². The van der Waals surface area contributed by atoms with Crippen molar-refractivity contribution in [2.24, 2.45) is 22.7 Å². The number of nitriles is 1. The van der Waals surface area contributed by atoms with Crippen LogP contribution in [0.3, 0.4) is 0 Å². The second kappa shape index (κ2) is 21.9. The molecule has 376 valence electrons. The van der Waals surface area contributed by atoms with E-state index in [1.54, 1.807) is 16.2 Å². The number of aromatic amines is 1. The number of aryl methyl sites for hydroxylation is 1. The Balaban J connectivity index is 1.06. The summed E-state index contributed by atoms with van der Waals surface area (Å²) in [5.41, 5.74) is 12.5. The summed E-state index contributed by atoms with van der Waals surface area (Å²) >= 11 is 1.61. The zero-order valence-corrected chi connectivity index (χ0v) is 42.8. The molecule has 2 aromatic heterocycles. The summed E-state index contributed by atoms with van der Waals surface area (Å²) in [6.07, 6.45) is 7.85. The SMILES string of the molecule is CCCNNC(=O)/C=C/c1ccc(CN(CCc2c[nH]c3ccccc23)CCC2C(CC)C2(NC(O)[C@@H]2C[C@@H](O)CN2C(=O)[C@@H](NC(=O)C2(C#N)CC2)C(C)(C)C)c2ccc(-c3scnc3C)cc2)cc1. The summed E-state index contributed by atoms with van der Waals surface area (Å²) < 4.78 is 0. The number of fused-ring (bicyclic) bond motifs is 1. The van der Waals surface area contributed by atoms with Crippen molar-refractivity contribution in [2.75, 3.05) is 26.2 Å². The van der Waals surface area contributed by atoms with Gasteiger partial charge in [-0.3, -0.25) is 30.0 Å². The largest absolute Gasteiger partial charge is 0.391 e. The number of aliphatic hydroxyl groups is 2. The molecular weight excluding hydrogens is 911 g/mol. The van der Waals surface area contributed by atoms with E-state index in [2.05, 4.69) is 110 Å². The van der Waals surface area contributed by atoms with E-state index in [0.717, 1.165) is 77.1 Å². The van der Waals surface area contributed by atoms with E-state index in [-0.39, 0.29) is 36.6 Å². The van der Waals surface area contributed by atoms with E-state index in [4.69, 9.17) is 0 Å². The third kappa shape index (κ3) is 11.5. The lowest BCUT2D eigenvalue weighted by molar-refractivity contribution is -0.143. The Morgan fingerprint density at radius 3 is 2.45 bits per heavy atom. The van der Waals surface area contributed by atoms with Gasteiger partial charge in [0.05, 0.1) is 39.8 Å². The summed E-state index contributed by atoms with van der Waals surface area (Å²) in [6.45, 7) is 14.9. The van der Waals surface area contributed by atoms with Crippen LogP contribution in [0.2, 0.25) is 0 Å². The van der Waals surface area contributed by atoms with E-state index in [1.807, 2.05) is 64.4 Å². The van der Waals surface area contributed by atoms with Crippen molar-refractivity contribution in [3.05, 3.63) is 119 Å². The molecule has 1 aliphatic heterocycles. The minimum atomic E-state index is -1.21. The second-order valence-electron chi connectivity index (χ2n) is 21.0. The zero-order chi connectivity index (χ0) is 50.5. The molecule has 3 aliphatic rings. The third-order valence-corrected chi connectivity index (χ3v) is 16.0. The molecule has 0 spiro atoms.